The lowest BCUT2D eigenvalue weighted by atomic mass is 9.98. The molecule has 132 valence electrons. The molecule has 0 spiro atoms. The average molecular weight is 369 g/mol. The maximum atomic E-state index is 12.6. The zero-order chi connectivity index (χ0) is 17.0. The van der Waals surface area contributed by atoms with E-state index >= 15 is 0 Å². The van der Waals surface area contributed by atoms with Gasteiger partial charge in [-0.2, -0.15) is 0 Å². The number of ether oxygens (including phenoxy) is 1. The van der Waals surface area contributed by atoms with Crippen LogP contribution >= 0.6 is 11.3 Å². The molecule has 1 fully saturated rings. The van der Waals surface area contributed by atoms with Gasteiger partial charge in [-0.15, -0.1) is 11.3 Å². The minimum absolute atomic E-state index is 0.361. The van der Waals surface area contributed by atoms with Crippen LogP contribution in [0.25, 0.3) is 10.1 Å². The van der Waals surface area contributed by atoms with Crippen LogP contribution in [-0.2, 0) is 14.8 Å². The minimum atomic E-state index is -3.43. The van der Waals surface area contributed by atoms with E-state index in [4.69, 9.17) is 4.74 Å². The summed E-state index contributed by atoms with van der Waals surface area (Å²) in [6.45, 7) is 4.14. The van der Waals surface area contributed by atoms with Gasteiger partial charge in [-0.1, -0.05) is 18.2 Å². The third-order valence-electron chi connectivity index (χ3n) is 4.44. The summed E-state index contributed by atoms with van der Waals surface area (Å²) < 4.78 is 34.5. The fraction of sp³-hybridized carbons (Fsp3) is 0.529. The lowest BCUT2D eigenvalue weighted by molar-refractivity contribution is 0.115. The Labute approximate surface area is 147 Å². The summed E-state index contributed by atoms with van der Waals surface area (Å²) in [6, 6.07) is 9.51. The van der Waals surface area contributed by atoms with Gasteiger partial charge in [0.2, 0.25) is 10.0 Å². The molecule has 5 nitrogen and oxygen atoms in total. The third kappa shape index (κ3) is 4.34. The fourth-order valence-corrected chi connectivity index (χ4v) is 5.69. The molecule has 1 aliphatic heterocycles. The second-order valence-electron chi connectivity index (χ2n) is 6.26. The minimum Gasteiger partial charge on any atom is -0.383 e. The van der Waals surface area contributed by atoms with E-state index in [-0.39, 0.29) is 0 Å². The van der Waals surface area contributed by atoms with Crippen molar-refractivity contribution >= 4 is 31.4 Å². The molecular weight excluding hydrogens is 344 g/mol. The maximum absolute atomic E-state index is 12.6. The Bertz CT molecular complexity index is 740. The first-order valence-electron chi connectivity index (χ1n) is 8.28. The van der Waals surface area contributed by atoms with Crippen molar-refractivity contribution in [2.75, 3.05) is 39.9 Å². The smallest absolute Gasteiger partial charge is 0.250 e. The first kappa shape index (κ1) is 17.8. The van der Waals surface area contributed by atoms with E-state index in [1.807, 2.05) is 24.3 Å². The molecule has 1 N–H and O–H groups in total. The topological polar surface area (TPSA) is 58.6 Å². The van der Waals surface area contributed by atoms with E-state index in [2.05, 4.69) is 9.62 Å². The van der Waals surface area contributed by atoms with E-state index in [0.717, 1.165) is 49.2 Å². The molecule has 1 aromatic carbocycles. The van der Waals surface area contributed by atoms with Crippen LogP contribution in [0.5, 0.6) is 0 Å². The summed E-state index contributed by atoms with van der Waals surface area (Å²) in [7, 11) is -1.72. The summed E-state index contributed by atoms with van der Waals surface area (Å²) in [5.41, 5.74) is 0. The summed E-state index contributed by atoms with van der Waals surface area (Å²) in [5, 5.41) is 0.978. The van der Waals surface area contributed by atoms with Crippen molar-refractivity contribution in [2.45, 2.75) is 17.1 Å². The highest BCUT2D eigenvalue weighted by Crippen LogP contribution is 2.28. The zero-order valence-electron chi connectivity index (χ0n) is 13.9. The number of hydrogen-bond acceptors (Lipinski definition) is 5. The van der Waals surface area contributed by atoms with Crippen molar-refractivity contribution in [2.24, 2.45) is 5.92 Å². The number of hydrogen-bond donors (Lipinski definition) is 1. The SMILES string of the molecule is COCCN1CCC[C@@H](CNS(=O)(=O)c2cc3ccccc3s2)C1. The molecule has 7 heteroatoms. The van der Waals surface area contributed by atoms with Gasteiger partial charge < -0.3 is 9.64 Å². The summed E-state index contributed by atoms with van der Waals surface area (Å²) >= 11 is 1.33. The Morgan fingerprint density at radius 3 is 3.00 bits per heavy atom. The van der Waals surface area contributed by atoms with Crippen molar-refractivity contribution in [3.63, 3.8) is 0 Å². The lowest BCUT2D eigenvalue weighted by Gasteiger charge is -2.32. The number of thiophene rings is 1. The van der Waals surface area contributed by atoms with Crippen LogP contribution in [0, 0.1) is 5.92 Å². The Morgan fingerprint density at radius 1 is 1.38 bits per heavy atom. The van der Waals surface area contributed by atoms with Gasteiger partial charge in [0, 0.05) is 31.4 Å². The number of fused-ring (bicyclic) bond motifs is 1. The monoisotopic (exact) mass is 368 g/mol. The standard InChI is InChI=1S/C17H24N2O3S2/c1-22-10-9-19-8-4-5-14(13-19)12-18-24(20,21)17-11-15-6-2-3-7-16(15)23-17/h2-3,6-7,11,14,18H,4-5,8-10,12-13H2,1H3/t14-/m0/s1. The summed E-state index contributed by atoms with van der Waals surface area (Å²) in [5.74, 6) is 0.361. The van der Waals surface area contributed by atoms with Crippen molar-refractivity contribution < 1.29 is 13.2 Å². The van der Waals surface area contributed by atoms with Gasteiger partial charge in [0.05, 0.1) is 6.61 Å². The van der Waals surface area contributed by atoms with Crippen molar-refractivity contribution in [1.82, 2.24) is 9.62 Å². The second-order valence-corrected chi connectivity index (χ2v) is 9.33. The molecule has 2 heterocycles. The van der Waals surface area contributed by atoms with Crippen LogP contribution in [-0.4, -0.2) is 53.2 Å². The molecule has 24 heavy (non-hydrogen) atoms. The van der Waals surface area contributed by atoms with E-state index in [1.165, 1.54) is 11.3 Å². The van der Waals surface area contributed by atoms with Crippen LogP contribution in [0.15, 0.2) is 34.5 Å². The maximum Gasteiger partial charge on any atom is 0.250 e. The van der Waals surface area contributed by atoms with Gasteiger partial charge in [0.1, 0.15) is 4.21 Å². The number of benzene rings is 1. The number of sulfonamides is 1. The molecule has 0 saturated carbocycles. The van der Waals surface area contributed by atoms with Gasteiger partial charge in [-0.3, -0.25) is 0 Å². The molecule has 0 bridgehead atoms. The molecule has 1 aliphatic rings. The number of methoxy groups -OCH3 is 1. The van der Waals surface area contributed by atoms with Gasteiger partial charge in [-0.25, -0.2) is 13.1 Å². The molecule has 1 atom stereocenters. The van der Waals surface area contributed by atoms with Crippen LogP contribution in [0.3, 0.4) is 0 Å². The Kier molecular flexibility index (Phi) is 5.89. The van der Waals surface area contributed by atoms with Crippen LogP contribution in [0.4, 0.5) is 0 Å². The summed E-state index contributed by atoms with van der Waals surface area (Å²) in [6.07, 6.45) is 2.18. The summed E-state index contributed by atoms with van der Waals surface area (Å²) in [4.78, 5) is 2.35. The Balaban J connectivity index is 1.60. The molecule has 2 aromatic rings. The highest BCUT2D eigenvalue weighted by molar-refractivity contribution is 7.91. The molecular formula is C17H24N2O3S2. The predicted octanol–water partition coefficient (Wildman–Crippen LogP) is 2.54. The molecule has 0 amide bonds. The first-order valence-corrected chi connectivity index (χ1v) is 10.6. The van der Waals surface area contributed by atoms with E-state index in [9.17, 15) is 8.42 Å². The number of likely N-dealkylation sites (tertiary alicyclic amines) is 1. The Hall–Kier alpha value is -0.990. The van der Waals surface area contributed by atoms with Crippen molar-refractivity contribution in [3.05, 3.63) is 30.3 Å². The van der Waals surface area contributed by atoms with Crippen LogP contribution in [0.1, 0.15) is 12.8 Å². The lowest BCUT2D eigenvalue weighted by Crippen LogP contribution is -2.41. The largest absolute Gasteiger partial charge is 0.383 e. The van der Waals surface area contributed by atoms with Gasteiger partial charge >= 0.3 is 0 Å². The van der Waals surface area contributed by atoms with E-state index in [1.54, 1.807) is 13.2 Å². The highest BCUT2D eigenvalue weighted by Gasteiger charge is 2.23. The molecule has 0 unspecified atom stereocenters. The van der Waals surface area contributed by atoms with Crippen LogP contribution in [0.2, 0.25) is 0 Å². The molecule has 1 aromatic heterocycles. The number of rotatable bonds is 7. The number of nitrogens with one attached hydrogen (secondary N) is 1. The quantitative estimate of drug-likeness (QED) is 0.816. The molecule has 0 radical (unpaired) electrons. The van der Waals surface area contributed by atoms with E-state index < -0.39 is 10.0 Å². The average Bonchev–Trinajstić information content (AvgIpc) is 3.04. The fourth-order valence-electron chi connectivity index (χ4n) is 3.13. The third-order valence-corrected chi connectivity index (χ3v) is 7.46. The van der Waals surface area contributed by atoms with Crippen LogP contribution < -0.4 is 4.72 Å². The van der Waals surface area contributed by atoms with Crippen molar-refractivity contribution in [3.8, 4) is 0 Å². The second kappa shape index (κ2) is 7.93. The normalized spacial score (nSPS) is 19.8. The molecule has 3 rings (SSSR count). The Morgan fingerprint density at radius 2 is 2.21 bits per heavy atom. The number of nitrogens with zero attached hydrogens (tertiary/aromatic N) is 1. The van der Waals surface area contributed by atoms with Crippen molar-refractivity contribution in [1.29, 1.82) is 0 Å². The highest BCUT2D eigenvalue weighted by atomic mass is 32.2. The zero-order valence-corrected chi connectivity index (χ0v) is 15.5. The predicted molar refractivity (Wildman–Crippen MR) is 98.1 cm³/mol. The van der Waals surface area contributed by atoms with Gasteiger partial charge in [0.25, 0.3) is 0 Å². The molecule has 0 aliphatic carbocycles. The van der Waals surface area contributed by atoms with E-state index in [0.29, 0.717) is 16.7 Å². The van der Waals surface area contributed by atoms with Gasteiger partial charge in [0.15, 0.2) is 0 Å². The first-order chi connectivity index (χ1) is 11.6. The number of piperidine rings is 1. The van der Waals surface area contributed by atoms with Gasteiger partial charge in [-0.05, 0) is 42.8 Å². The molecule has 1 saturated heterocycles.